The molecule has 0 aromatic heterocycles. The summed E-state index contributed by atoms with van der Waals surface area (Å²) in [6, 6.07) is 4.64. The van der Waals surface area contributed by atoms with Crippen LogP contribution in [0.1, 0.15) is 19.4 Å². The van der Waals surface area contributed by atoms with E-state index in [1.54, 1.807) is 12.1 Å². The molecule has 1 aromatic rings. The summed E-state index contributed by atoms with van der Waals surface area (Å²) in [6.07, 6.45) is 2.46. The highest BCUT2D eigenvalue weighted by molar-refractivity contribution is 6.66. The van der Waals surface area contributed by atoms with Crippen LogP contribution in [-0.4, -0.2) is 17.2 Å². The highest BCUT2D eigenvalue weighted by Crippen LogP contribution is 2.32. The summed E-state index contributed by atoms with van der Waals surface area (Å²) in [5.74, 6) is -0.986. The van der Waals surface area contributed by atoms with E-state index in [-0.39, 0.29) is 11.5 Å². The molecule has 0 N–H and O–H groups in total. The Bertz CT molecular complexity index is 548. The average Bonchev–Trinajstić information content (AvgIpc) is 2.28. The number of rotatable bonds is 4. The fourth-order valence-electron chi connectivity index (χ4n) is 1.31. The first-order valence-corrected chi connectivity index (χ1v) is 5.65. The second-order valence-electron chi connectivity index (χ2n) is 3.50. The monoisotopic (exact) mass is 282 g/mol. The number of allylic oxidation sites excluding steroid dienone is 1. The number of benzene rings is 1. The Morgan fingerprint density at radius 2 is 1.74 bits per heavy atom. The Hall–Kier alpha value is -2.14. The van der Waals surface area contributed by atoms with Crippen LogP contribution in [0.3, 0.4) is 0 Å². The predicted molar refractivity (Wildman–Crippen MR) is 69.0 cm³/mol. The molecule has 100 valence electrons. The second-order valence-corrected chi connectivity index (χ2v) is 3.87. The smallest absolute Gasteiger partial charge is 0.308 e. The van der Waals surface area contributed by atoms with Crippen LogP contribution in [0.2, 0.25) is 0 Å². The van der Waals surface area contributed by atoms with Crippen molar-refractivity contribution in [3.8, 4) is 11.5 Å². The number of para-hydroxylation sites is 1. The zero-order valence-electron chi connectivity index (χ0n) is 10.3. The summed E-state index contributed by atoms with van der Waals surface area (Å²) in [4.78, 5) is 32.7. The van der Waals surface area contributed by atoms with Crippen LogP contribution in [-0.2, 0) is 14.4 Å². The van der Waals surface area contributed by atoms with Gasteiger partial charge in [0.15, 0.2) is 11.5 Å². The van der Waals surface area contributed by atoms with Crippen molar-refractivity contribution in [2.75, 3.05) is 0 Å². The van der Waals surface area contributed by atoms with Gasteiger partial charge in [0.2, 0.25) is 5.24 Å². The first-order valence-electron chi connectivity index (χ1n) is 5.27. The third-order valence-electron chi connectivity index (χ3n) is 1.90. The molecular formula is C13H11ClO5. The molecule has 0 heterocycles. The summed E-state index contributed by atoms with van der Waals surface area (Å²) < 4.78 is 9.91. The van der Waals surface area contributed by atoms with E-state index in [9.17, 15) is 14.4 Å². The quantitative estimate of drug-likeness (QED) is 0.367. The fraction of sp³-hybridized carbons (Fsp3) is 0.154. The molecule has 0 unspecified atom stereocenters. The Labute approximate surface area is 114 Å². The van der Waals surface area contributed by atoms with Crippen LogP contribution in [0.4, 0.5) is 0 Å². The molecule has 19 heavy (non-hydrogen) atoms. The van der Waals surface area contributed by atoms with Gasteiger partial charge >= 0.3 is 11.9 Å². The van der Waals surface area contributed by atoms with Gasteiger partial charge in [-0.2, -0.15) is 0 Å². The van der Waals surface area contributed by atoms with Crippen LogP contribution >= 0.6 is 11.6 Å². The summed E-state index contributed by atoms with van der Waals surface area (Å²) in [5.41, 5.74) is 0.392. The molecule has 0 amide bonds. The van der Waals surface area contributed by atoms with Gasteiger partial charge in [-0.25, -0.2) is 0 Å². The number of hydrogen-bond acceptors (Lipinski definition) is 5. The average molecular weight is 283 g/mol. The molecule has 0 fully saturated rings. The lowest BCUT2D eigenvalue weighted by molar-refractivity contribution is -0.134. The van der Waals surface area contributed by atoms with E-state index in [2.05, 4.69) is 0 Å². The van der Waals surface area contributed by atoms with Crippen LogP contribution in [0.5, 0.6) is 11.5 Å². The van der Waals surface area contributed by atoms with E-state index in [1.165, 1.54) is 26.0 Å². The van der Waals surface area contributed by atoms with Crippen molar-refractivity contribution in [1.29, 1.82) is 0 Å². The van der Waals surface area contributed by atoms with Crippen LogP contribution < -0.4 is 9.47 Å². The molecule has 0 aliphatic heterocycles. The molecular weight excluding hydrogens is 272 g/mol. The Morgan fingerprint density at radius 1 is 1.11 bits per heavy atom. The van der Waals surface area contributed by atoms with Gasteiger partial charge in [0.1, 0.15) is 0 Å². The van der Waals surface area contributed by atoms with Crippen molar-refractivity contribution in [3.05, 3.63) is 29.8 Å². The first kappa shape index (κ1) is 14.9. The van der Waals surface area contributed by atoms with Gasteiger partial charge in [-0.3, -0.25) is 14.4 Å². The molecule has 5 nitrogen and oxygen atoms in total. The summed E-state index contributed by atoms with van der Waals surface area (Å²) >= 11 is 5.19. The molecule has 0 saturated heterocycles. The van der Waals surface area contributed by atoms with E-state index < -0.39 is 17.2 Å². The maximum Gasteiger partial charge on any atom is 0.308 e. The first-order chi connectivity index (χ1) is 8.90. The molecule has 0 atom stereocenters. The molecule has 0 aliphatic carbocycles. The highest BCUT2D eigenvalue weighted by atomic mass is 35.5. The minimum absolute atomic E-state index is 0.0550. The number of ether oxygens (including phenoxy) is 2. The topological polar surface area (TPSA) is 69.7 Å². The molecule has 6 heteroatoms. The van der Waals surface area contributed by atoms with E-state index in [0.29, 0.717) is 5.56 Å². The van der Waals surface area contributed by atoms with Crippen molar-refractivity contribution in [2.24, 2.45) is 0 Å². The lowest BCUT2D eigenvalue weighted by atomic mass is 10.1. The van der Waals surface area contributed by atoms with Crippen LogP contribution in [0.25, 0.3) is 6.08 Å². The minimum atomic E-state index is -0.674. The third kappa shape index (κ3) is 4.93. The van der Waals surface area contributed by atoms with Crippen molar-refractivity contribution in [2.45, 2.75) is 13.8 Å². The molecule has 0 radical (unpaired) electrons. The van der Waals surface area contributed by atoms with Gasteiger partial charge in [-0.1, -0.05) is 12.1 Å². The van der Waals surface area contributed by atoms with Gasteiger partial charge in [0.25, 0.3) is 0 Å². The van der Waals surface area contributed by atoms with E-state index >= 15 is 0 Å². The number of esters is 2. The Morgan fingerprint density at radius 3 is 2.26 bits per heavy atom. The summed E-state index contributed by atoms with van der Waals surface area (Å²) in [7, 11) is 0. The summed E-state index contributed by atoms with van der Waals surface area (Å²) in [6.45, 7) is 2.44. The van der Waals surface area contributed by atoms with Gasteiger partial charge in [0.05, 0.1) is 0 Å². The lowest BCUT2D eigenvalue weighted by Crippen LogP contribution is -2.08. The lowest BCUT2D eigenvalue weighted by Gasteiger charge is -2.10. The fourth-order valence-corrected chi connectivity index (χ4v) is 1.37. The number of carbonyl (C=O) groups is 3. The molecule has 1 aromatic carbocycles. The zero-order chi connectivity index (χ0) is 14.4. The number of hydrogen-bond donors (Lipinski definition) is 0. The Kier molecular flexibility index (Phi) is 5.26. The highest BCUT2D eigenvalue weighted by Gasteiger charge is 2.13. The van der Waals surface area contributed by atoms with Crippen molar-refractivity contribution < 1.29 is 23.9 Å². The predicted octanol–water partition coefficient (Wildman–Crippen LogP) is 2.32. The largest absolute Gasteiger partial charge is 0.423 e. The molecule has 0 spiro atoms. The van der Waals surface area contributed by atoms with Crippen molar-refractivity contribution >= 4 is 34.9 Å². The molecule has 0 saturated carbocycles. The van der Waals surface area contributed by atoms with Crippen LogP contribution in [0.15, 0.2) is 24.3 Å². The van der Waals surface area contributed by atoms with Crippen LogP contribution in [0, 0.1) is 0 Å². The van der Waals surface area contributed by atoms with E-state index in [0.717, 1.165) is 6.08 Å². The van der Waals surface area contributed by atoms with E-state index in [1.807, 2.05) is 0 Å². The Balaban J connectivity index is 3.24. The molecule has 0 bridgehead atoms. The molecule has 0 aliphatic rings. The third-order valence-corrected chi connectivity index (χ3v) is 2.03. The second kappa shape index (κ2) is 6.70. The summed E-state index contributed by atoms with van der Waals surface area (Å²) in [5, 5.41) is -0.674. The van der Waals surface area contributed by atoms with Gasteiger partial charge in [-0.15, -0.1) is 0 Å². The number of halogens is 1. The van der Waals surface area contributed by atoms with Crippen molar-refractivity contribution in [1.82, 2.24) is 0 Å². The minimum Gasteiger partial charge on any atom is -0.423 e. The van der Waals surface area contributed by atoms with E-state index in [4.69, 9.17) is 21.1 Å². The maximum absolute atomic E-state index is 11.1. The maximum atomic E-state index is 11.1. The zero-order valence-corrected chi connectivity index (χ0v) is 11.1. The SMILES string of the molecule is CC(=O)Oc1cccc(C=CC(=O)Cl)c1OC(C)=O. The van der Waals surface area contributed by atoms with Crippen molar-refractivity contribution in [3.63, 3.8) is 0 Å². The number of carbonyl (C=O) groups excluding carboxylic acids is 3. The van der Waals surface area contributed by atoms with Gasteiger partial charge in [-0.05, 0) is 29.8 Å². The van der Waals surface area contributed by atoms with Gasteiger partial charge in [0, 0.05) is 19.4 Å². The molecule has 1 rings (SSSR count). The standard InChI is InChI=1S/C13H11ClO5/c1-8(15)18-11-5-3-4-10(6-7-12(14)17)13(11)19-9(2)16/h3-7H,1-2H3. The normalized spacial score (nSPS) is 10.3. The van der Waals surface area contributed by atoms with Gasteiger partial charge < -0.3 is 9.47 Å².